The molecule has 226 valence electrons. The Hall–Kier alpha value is -4.23. The number of carbonyl (C=O) groups is 4. The van der Waals surface area contributed by atoms with Crippen LogP contribution >= 0.6 is 0 Å². The Bertz CT molecular complexity index is 1480. The number of nitrogens with zero attached hydrogens (tertiary/aromatic N) is 4. The molecule has 0 saturated carbocycles. The van der Waals surface area contributed by atoms with Crippen LogP contribution in [0.4, 0.5) is 22.4 Å². The molecule has 3 heterocycles. The smallest absolute Gasteiger partial charge is 0.341 e. The number of halogens is 4. The van der Waals surface area contributed by atoms with Gasteiger partial charge in [0, 0.05) is 46.0 Å². The number of hydrogen-bond acceptors (Lipinski definition) is 5. The Kier molecular flexibility index (Phi) is 8.20. The van der Waals surface area contributed by atoms with Crippen molar-refractivity contribution in [2.24, 2.45) is 13.0 Å². The van der Waals surface area contributed by atoms with E-state index < -0.39 is 64.4 Å². The van der Waals surface area contributed by atoms with Gasteiger partial charge in [-0.2, -0.15) is 13.2 Å². The number of pyridine rings is 1. The third-order valence-corrected chi connectivity index (χ3v) is 7.88. The number of urea groups is 1. The molecule has 1 spiro atoms. The number of hydrogen-bond donors (Lipinski definition) is 1. The van der Waals surface area contributed by atoms with Gasteiger partial charge < -0.3 is 19.7 Å². The van der Waals surface area contributed by atoms with Gasteiger partial charge in [0.2, 0.25) is 11.5 Å². The quantitative estimate of drug-likeness (QED) is 0.409. The van der Waals surface area contributed by atoms with Crippen LogP contribution in [0.3, 0.4) is 0 Å². The maximum atomic E-state index is 14.3. The van der Waals surface area contributed by atoms with Crippen LogP contribution in [-0.2, 0) is 29.4 Å². The van der Waals surface area contributed by atoms with Crippen LogP contribution in [0.5, 0.6) is 0 Å². The van der Waals surface area contributed by atoms with Crippen molar-refractivity contribution >= 4 is 23.8 Å². The van der Waals surface area contributed by atoms with Gasteiger partial charge in [-0.05, 0) is 42.5 Å². The first-order valence-electron chi connectivity index (χ1n) is 13.3. The number of piperidine rings is 1. The van der Waals surface area contributed by atoms with Crippen LogP contribution in [0.2, 0.25) is 0 Å². The summed E-state index contributed by atoms with van der Waals surface area (Å²) in [5.74, 6) is -3.80. The predicted octanol–water partition coefficient (Wildman–Crippen LogP) is 2.75. The molecule has 2 aliphatic heterocycles. The van der Waals surface area contributed by atoms with Crippen molar-refractivity contribution in [3.63, 3.8) is 0 Å². The molecule has 1 N–H and O–H groups in total. The number of alkyl halides is 3. The van der Waals surface area contributed by atoms with Gasteiger partial charge >= 0.3 is 12.2 Å². The number of nitrogens with one attached hydrogen (secondary N) is 1. The lowest BCUT2D eigenvalue weighted by Gasteiger charge is -2.43. The molecule has 2 fully saturated rings. The lowest BCUT2D eigenvalue weighted by atomic mass is 9.85. The highest BCUT2D eigenvalue weighted by atomic mass is 19.4. The standard InChI is InChI=1S/C28H31F4N5O5/c1-16(2)22(33-23(39)19-13-18(28(30,31)32)6-7-20(19)29)24(40)36-11-9-27(10-12-36)25(41)35(4)26(42)37(27)15-17-5-8-21(38)34(3)14-17/h5-8,13-14,16,22H,9-12,15H2,1-4H3,(H,33,39). The summed E-state index contributed by atoms with van der Waals surface area (Å²) in [6.07, 6.45) is -3.02. The number of likely N-dealkylation sites (N-methyl/N-ethyl adjacent to an activating group) is 1. The molecule has 42 heavy (non-hydrogen) atoms. The summed E-state index contributed by atoms with van der Waals surface area (Å²) >= 11 is 0. The van der Waals surface area contributed by atoms with Gasteiger partial charge in [-0.3, -0.25) is 24.1 Å². The lowest BCUT2D eigenvalue weighted by Crippen LogP contribution is -2.60. The van der Waals surface area contributed by atoms with Gasteiger partial charge in [0.15, 0.2) is 0 Å². The molecule has 2 aliphatic rings. The van der Waals surface area contributed by atoms with Crippen LogP contribution in [0.1, 0.15) is 48.2 Å². The zero-order valence-electron chi connectivity index (χ0n) is 23.5. The van der Waals surface area contributed by atoms with Crippen molar-refractivity contribution in [1.29, 1.82) is 0 Å². The van der Waals surface area contributed by atoms with E-state index in [1.807, 2.05) is 0 Å². The molecule has 1 aromatic heterocycles. The van der Waals surface area contributed by atoms with Crippen LogP contribution in [0.25, 0.3) is 0 Å². The van der Waals surface area contributed by atoms with E-state index in [1.165, 1.54) is 27.5 Å². The second-order valence-electron chi connectivity index (χ2n) is 11.0. The Morgan fingerprint density at radius 3 is 2.24 bits per heavy atom. The Labute approximate surface area is 238 Å². The van der Waals surface area contributed by atoms with Gasteiger partial charge in [-0.15, -0.1) is 0 Å². The maximum absolute atomic E-state index is 14.3. The van der Waals surface area contributed by atoms with Crippen molar-refractivity contribution in [2.45, 2.75) is 51.0 Å². The first-order valence-corrected chi connectivity index (χ1v) is 13.3. The summed E-state index contributed by atoms with van der Waals surface area (Å²) in [5.41, 5.74) is -2.87. The predicted molar refractivity (Wildman–Crippen MR) is 141 cm³/mol. The van der Waals surface area contributed by atoms with Crippen LogP contribution in [0, 0.1) is 11.7 Å². The molecule has 14 heteroatoms. The van der Waals surface area contributed by atoms with Crippen molar-refractivity contribution in [3.8, 4) is 0 Å². The molecule has 1 atom stereocenters. The minimum absolute atomic E-state index is 0.0481. The fourth-order valence-electron chi connectivity index (χ4n) is 5.41. The minimum Gasteiger partial charge on any atom is -0.341 e. The zero-order chi connectivity index (χ0) is 31.1. The summed E-state index contributed by atoms with van der Waals surface area (Å²) in [7, 11) is 2.95. The molecule has 2 saturated heterocycles. The number of likely N-dealkylation sites (tertiary alicyclic amines) is 1. The van der Waals surface area contributed by atoms with Crippen molar-refractivity contribution < 1.29 is 36.7 Å². The highest BCUT2D eigenvalue weighted by Gasteiger charge is 2.57. The molecule has 10 nitrogen and oxygen atoms in total. The maximum Gasteiger partial charge on any atom is 0.416 e. The Morgan fingerprint density at radius 1 is 1.02 bits per heavy atom. The van der Waals surface area contributed by atoms with Gasteiger partial charge in [-0.1, -0.05) is 19.9 Å². The molecule has 4 rings (SSSR count). The van der Waals surface area contributed by atoms with Crippen LogP contribution < -0.4 is 10.9 Å². The SMILES string of the molecule is CC(C)C(NC(=O)c1cc(C(F)(F)F)ccc1F)C(=O)N1CCC2(CC1)C(=O)N(C)C(=O)N2Cc1ccc(=O)n(C)c1. The molecule has 0 bridgehead atoms. The first kappa shape index (κ1) is 30.7. The van der Waals surface area contributed by atoms with Gasteiger partial charge in [0.1, 0.15) is 17.4 Å². The molecule has 2 aromatic rings. The van der Waals surface area contributed by atoms with Gasteiger partial charge in [0.05, 0.1) is 11.1 Å². The summed E-state index contributed by atoms with van der Waals surface area (Å²) < 4.78 is 55.1. The third-order valence-electron chi connectivity index (χ3n) is 7.88. The van der Waals surface area contributed by atoms with E-state index in [-0.39, 0.29) is 38.0 Å². The number of amides is 5. The van der Waals surface area contributed by atoms with E-state index in [2.05, 4.69) is 5.32 Å². The largest absolute Gasteiger partial charge is 0.416 e. The van der Waals surface area contributed by atoms with Crippen LogP contribution in [0.15, 0.2) is 41.3 Å². The summed E-state index contributed by atoms with van der Waals surface area (Å²) in [6.45, 7) is 3.41. The molecule has 1 aromatic carbocycles. The van der Waals surface area contributed by atoms with E-state index in [0.29, 0.717) is 23.8 Å². The number of aryl methyl sites for hydroxylation is 1. The molecule has 1 unspecified atom stereocenters. The summed E-state index contributed by atoms with van der Waals surface area (Å²) in [6, 6.07) is 2.71. The van der Waals surface area contributed by atoms with E-state index in [4.69, 9.17) is 0 Å². The Morgan fingerprint density at radius 2 is 1.67 bits per heavy atom. The van der Waals surface area contributed by atoms with E-state index >= 15 is 0 Å². The highest BCUT2D eigenvalue weighted by molar-refractivity contribution is 6.07. The molecular weight excluding hydrogens is 562 g/mol. The summed E-state index contributed by atoms with van der Waals surface area (Å²) in [5, 5.41) is 2.38. The third kappa shape index (κ3) is 5.61. The molecule has 5 amide bonds. The average molecular weight is 594 g/mol. The fourth-order valence-corrected chi connectivity index (χ4v) is 5.41. The second kappa shape index (κ2) is 11.2. The fraction of sp³-hybridized carbons (Fsp3) is 0.464. The number of carbonyl (C=O) groups excluding carboxylic acids is 4. The summed E-state index contributed by atoms with van der Waals surface area (Å²) in [4.78, 5) is 68.4. The average Bonchev–Trinajstić information content (AvgIpc) is 3.09. The van der Waals surface area contributed by atoms with E-state index in [0.717, 1.165) is 4.90 Å². The van der Waals surface area contributed by atoms with Crippen LogP contribution in [-0.4, -0.2) is 74.7 Å². The van der Waals surface area contributed by atoms with Gasteiger partial charge in [-0.25, -0.2) is 9.18 Å². The lowest BCUT2D eigenvalue weighted by molar-refractivity contribution is -0.142. The minimum atomic E-state index is -4.79. The van der Waals surface area contributed by atoms with Crippen molar-refractivity contribution in [1.82, 2.24) is 24.6 Å². The number of benzene rings is 1. The monoisotopic (exact) mass is 593 g/mol. The first-order chi connectivity index (χ1) is 19.6. The molecular formula is C28H31F4N5O5. The number of aromatic nitrogens is 1. The van der Waals surface area contributed by atoms with E-state index in [1.54, 1.807) is 33.2 Å². The Balaban J connectivity index is 1.51. The topological polar surface area (TPSA) is 112 Å². The number of imide groups is 1. The van der Waals surface area contributed by atoms with Crippen molar-refractivity contribution in [2.75, 3.05) is 20.1 Å². The van der Waals surface area contributed by atoms with E-state index in [9.17, 15) is 41.5 Å². The highest BCUT2D eigenvalue weighted by Crippen LogP contribution is 2.38. The van der Waals surface area contributed by atoms with Crippen molar-refractivity contribution in [3.05, 3.63) is 69.4 Å². The zero-order valence-corrected chi connectivity index (χ0v) is 23.5. The number of rotatable bonds is 6. The normalized spacial score (nSPS) is 17.8. The second-order valence-corrected chi connectivity index (χ2v) is 11.0. The molecule has 0 radical (unpaired) electrons. The molecule has 0 aliphatic carbocycles. The van der Waals surface area contributed by atoms with Gasteiger partial charge in [0.25, 0.3) is 11.8 Å².